The molecule has 1 aromatic heterocycles. The van der Waals surface area contributed by atoms with Gasteiger partial charge in [0.2, 0.25) is 0 Å². The minimum atomic E-state index is -0.239. The van der Waals surface area contributed by atoms with E-state index in [0.717, 1.165) is 16.0 Å². The first kappa shape index (κ1) is 18.9. The van der Waals surface area contributed by atoms with E-state index in [1.54, 1.807) is 7.11 Å². The van der Waals surface area contributed by atoms with E-state index in [-0.39, 0.29) is 27.1 Å². The zero-order valence-electron chi connectivity index (χ0n) is 15.4. The summed E-state index contributed by atoms with van der Waals surface area (Å²) in [6.45, 7) is 2.09. The van der Waals surface area contributed by atoms with Crippen LogP contribution >= 0.6 is 11.3 Å². The molecule has 0 aliphatic rings. The molecule has 0 aliphatic heterocycles. The fourth-order valence-electron chi connectivity index (χ4n) is 2.64. The van der Waals surface area contributed by atoms with Crippen LogP contribution in [-0.2, 0) is 0 Å². The number of hydrogen-bond acceptors (Lipinski definition) is 4. The molecular weight excluding hydrogens is 483 g/mol. The number of benzene rings is 3. The van der Waals surface area contributed by atoms with Gasteiger partial charge in [0.15, 0.2) is 0 Å². The fourth-order valence-corrected chi connectivity index (χ4v) is 5.69. The van der Waals surface area contributed by atoms with E-state index < -0.39 is 0 Å². The molecule has 4 rings (SSSR count). The number of carbonyl (C=O) groups is 1. The topological polar surface area (TPSA) is 51.2 Å². The maximum atomic E-state index is 12.6. The first-order valence-electron chi connectivity index (χ1n) is 8.68. The molecule has 1 N–H and O–H groups in total. The van der Waals surface area contributed by atoms with Crippen molar-refractivity contribution in [3.8, 4) is 5.75 Å². The van der Waals surface area contributed by atoms with E-state index >= 15 is 0 Å². The second-order valence-electron chi connectivity index (χ2n) is 6.20. The summed E-state index contributed by atoms with van der Waals surface area (Å²) >= 11 is 1.20. The molecule has 1 amide bonds. The Hall–Kier alpha value is -2.45. The standard InChI is InChI=1S/C22H18IN2O2S/c1-14-3-7-16(8-4-14)23-17-9-5-15(6-10-17)21(26)25-22-24-19-12-11-18(27-2)13-20(19)28-22/h3-13H,1-2H3,(H,24,25,26)/q-1. The number of anilines is 1. The molecule has 6 heteroatoms. The van der Waals surface area contributed by atoms with Crippen molar-refractivity contribution in [3.63, 3.8) is 0 Å². The number of amides is 1. The number of rotatable bonds is 5. The van der Waals surface area contributed by atoms with Crippen molar-refractivity contribution < 1.29 is 30.7 Å². The van der Waals surface area contributed by atoms with Crippen LogP contribution in [0.15, 0.2) is 66.7 Å². The van der Waals surface area contributed by atoms with Crippen molar-refractivity contribution in [1.29, 1.82) is 0 Å². The number of nitrogens with one attached hydrogen (secondary N) is 1. The monoisotopic (exact) mass is 501 g/mol. The first-order chi connectivity index (χ1) is 13.6. The average Bonchev–Trinajstić information content (AvgIpc) is 3.11. The zero-order valence-corrected chi connectivity index (χ0v) is 18.4. The van der Waals surface area contributed by atoms with Gasteiger partial charge in [0.1, 0.15) is 0 Å². The predicted octanol–water partition coefficient (Wildman–Crippen LogP) is 1.99. The van der Waals surface area contributed by atoms with Gasteiger partial charge in [0, 0.05) is 0 Å². The summed E-state index contributed by atoms with van der Waals surface area (Å²) < 4.78 is 8.87. The van der Waals surface area contributed by atoms with Crippen molar-refractivity contribution in [2.45, 2.75) is 6.92 Å². The summed E-state index contributed by atoms with van der Waals surface area (Å²) in [4.78, 5) is 17.0. The molecule has 4 aromatic rings. The van der Waals surface area contributed by atoms with Crippen LogP contribution in [0.4, 0.5) is 5.13 Å². The van der Waals surface area contributed by atoms with Gasteiger partial charge in [-0.1, -0.05) is 0 Å². The van der Waals surface area contributed by atoms with E-state index in [4.69, 9.17) is 4.74 Å². The predicted molar refractivity (Wildman–Crippen MR) is 109 cm³/mol. The van der Waals surface area contributed by atoms with E-state index in [0.29, 0.717) is 10.7 Å². The Morgan fingerprint density at radius 3 is 2.36 bits per heavy atom. The van der Waals surface area contributed by atoms with Crippen LogP contribution in [0.5, 0.6) is 5.75 Å². The molecule has 0 aliphatic carbocycles. The summed E-state index contributed by atoms with van der Waals surface area (Å²) in [6.07, 6.45) is 0. The number of halogens is 1. The van der Waals surface area contributed by atoms with Crippen LogP contribution in [0.25, 0.3) is 10.2 Å². The Morgan fingerprint density at radius 1 is 1.00 bits per heavy atom. The van der Waals surface area contributed by atoms with Gasteiger partial charge in [-0.15, -0.1) is 0 Å². The van der Waals surface area contributed by atoms with Gasteiger partial charge in [-0.2, -0.15) is 0 Å². The summed E-state index contributed by atoms with van der Waals surface area (Å²) in [5.41, 5.74) is 2.75. The second-order valence-corrected chi connectivity index (χ2v) is 10.3. The van der Waals surface area contributed by atoms with Gasteiger partial charge in [-0.3, -0.25) is 0 Å². The molecule has 0 spiro atoms. The van der Waals surface area contributed by atoms with Crippen LogP contribution in [0, 0.1) is 14.1 Å². The van der Waals surface area contributed by atoms with E-state index in [9.17, 15) is 4.79 Å². The van der Waals surface area contributed by atoms with Gasteiger partial charge < -0.3 is 0 Å². The summed E-state index contributed by atoms with van der Waals surface area (Å²) in [6, 6.07) is 22.2. The number of nitrogens with zero attached hydrogens (tertiary/aromatic N) is 1. The third-order valence-electron chi connectivity index (χ3n) is 4.15. The maximum absolute atomic E-state index is 12.6. The molecule has 0 unspecified atom stereocenters. The van der Waals surface area contributed by atoms with Gasteiger partial charge in [0.05, 0.1) is 7.11 Å². The van der Waals surface area contributed by atoms with Crippen LogP contribution in [0.3, 0.4) is 0 Å². The van der Waals surface area contributed by atoms with Crippen molar-refractivity contribution in [1.82, 2.24) is 4.98 Å². The second kappa shape index (κ2) is 8.28. The van der Waals surface area contributed by atoms with Crippen LogP contribution in [0.2, 0.25) is 0 Å². The summed E-state index contributed by atoms with van der Waals surface area (Å²) in [5, 5.41) is 3.48. The first-order valence-corrected chi connectivity index (χ1v) is 11.7. The molecule has 0 saturated carbocycles. The van der Waals surface area contributed by atoms with E-state index in [1.165, 1.54) is 24.0 Å². The molecular formula is C22H18IN2O2S-. The third-order valence-corrected chi connectivity index (χ3v) is 7.77. The van der Waals surface area contributed by atoms with Gasteiger partial charge in [0.25, 0.3) is 0 Å². The Balaban J connectivity index is 1.45. The molecule has 0 bridgehead atoms. The SMILES string of the molecule is COc1ccc2nc(NC(=O)c3ccc([I-]c4ccc(C)cc4)cc3)sc2c1. The van der Waals surface area contributed by atoms with Crippen molar-refractivity contribution in [2.75, 3.05) is 12.4 Å². The average molecular weight is 501 g/mol. The Bertz CT molecular complexity index is 1120. The quantitative estimate of drug-likeness (QED) is 0.426. The number of methoxy groups -OCH3 is 1. The Kier molecular flexibility index (Phi) is 5.59. The zero-order chi connectivity index (χ0) is 19.5. The molecule has 3 aromatic carbocycles. The number of thiazole rings is 1. The van der Waals surface area contributed by atoms with Gasteiger partial charge in [-0.25, -0.2) is 0 Å². The third kappa shape index (κ3) is 4.34. The number of hydrogen-bond donors (Lipinski definition) is 1. The fraction of sp³-hybridized carbons (Fsp3) is 0.0909. The number of ether oxygens (including phenoxy) is 1. The summed E-state index contributed by atoms with van der Waals surface area (Å²) in [5.74, 6) is 0.632. The van der Waals surface area contributed by atoms with E-state index in [2.05, 4.69) is 41.5 Å². The van der Waals surface area contributed by atoms with Crippen LogP contribution < -0.4 is 31.3 Å². The molecule has 4 nitrogen and oxygen atoms in total. The molecule has 1 heterocycles. The molecule has 0 radical (unpaired) electrons. The van der Waals surface area contributed by atoms with Crippen molar-refractivity contribution in [3.05, 3.63) is 85.0 Å². The molecule has 142 valence electrons. The Labute approximate surface area is 177 Å². The minimum absolute atomic E-state index is 0.147. The summed E-state index contributed by atoms with van der Waals surface area (Å²) in [7, 11) is 1.63. The Morgan fingerprint density at radius 2 is 1.68 bits per heavy atom. The van der Waals surface area contributed by atoms with Crippen molar-refractivity contribution in [2.24, 2.45) is 0 Å². The number of carbonyl (C=O) groups excluding carboxylic acids is 1. The molecule has 0 saturated heterocycles. The van der Waals surface area contributed by atoms with E-state index in [1.807, 2.05) is 42.5 Å². The molecule has 28 heavy (non-hydrogen) atoms. The molecule has 0 fully saturated rings. The van der Waals surface area contributed by atoms with Gasteiger partial charge >= 0.3 is 171 Å². The van der Waals surface area contributed by atoms with Crippen molar-refractivity contribution >= 4 is 32.6 Å². The molecule has 0 atom stereocenters. The number of aromatic nitrogens is 1. The van der Waals surface area contributed by atoms with Crippen LogP contribution in [-0.4, -0.2) is 18.0 Å². The van der Waals surface area contributed by atoms with Gasteiger partial charge in [-0.05, 0) is 0 Å². The normalized spacial score (nSPS) is 10.9. The number of aryl methyl sites for hydroxylation is 1. The van der Waals surface area contributed by atoms with Crippen LogP contribution in [0.1, 0.15) is 15.9 Å². The number of fused-ring (bicyclic) bond motifs is 1.